The molecule has 0 N–H and O–H groups in total. The van der Waals surface area contributed by atoms with Gasteiger partial charge in [0.2, 0.25) is 0 Å². The Labute approximate surface area is 127 Å². The van der Waals surface area contributed by atoms with Crippen LogP contribution in [0.3, 0.4) is 0 Å². The van der Waals surface area contributed by atoms with Crippen LogP contribution in [0.5, 0.6) is 0 Å². The van der Waals surface area contributed by atoms with Gasteiger partial charge in [-0.1, -0.05) is 24.3 Å². The molecular formula is C18H12N4. The van der Waals surface area contributed by atoms with Crippen molar-refractivity contribution in [3.8, 4) is 22.8 Å². The van der Waals surface area contributed by atoms with Gasteiger partial charge >= 0.3 is 0 Å². The topological polar surface area (TPSA) is 51.6 Å². The normalized spacial score (nSPS) is 10.7. The van der Waals surface area contributed by atoms with Crippen molar-refractivity contribution in [2.24, 2.45) is 0 Å². The van der Waals surface area contributed by atoms with Gasteiger partial charge in [0.05, 0.1) is 0 Å². The van der Waals surface area contributed by atoms with E-state index in [1.807, 2.05) is 24.3 Å². The maximum Gasteiger partial charge on any atom is 0.159 e. The van der Waals surface area contributed by atoms with E-state index in [-0.39, 0.29) is 0 Å². The lowest BCUT2D eigenvalue weighted by Gasteiger charge is -2.09. The Balaban J connectivity index is 2.04. The van der Waals surface area contributed by atoms with Gasteiger partial charge in [-0.15, -0.1) is 0 Å². The van der Waals surface area contributed by atoms with Gasteiger partial charge in [0.1, 0.15) is 0 Å². The minimum absolute atomic E-state index is 0.677. The molecule has 104 valence electrons. The quantitative estimate of drug-likeness (QED) is 0.562. The zero-order valence-corrected chi connectivity index (χ0v) is 11.7. The van der Waals surface area contributed by atoms with E-state index in [2.05, 4.69) is 44.2 Å². The second kappa shape index (κ2) is 5.33. The molecule has 0 aliphatic carbocycles. The third kappa shape index (κ3) is 2.20. The van der Waals surface area contributed by atoms with Crippen LogP contribution in [0.4, 0.5) is 0 Å². The maximum absolute atomic E-state index is 4.38. The third-order valence-electron chi connectivity index (χ3n) is 3.50. The number of hydrogen-bond donors (Lipinski definition) is 0. The Kier molecular flexibility index (Phi) is 3.05. The highest BCUT2D eigenvalue weighted by atomic mass is 14.9. The van der Waals surface area contributed by atoms with E-state index >= 15 is 0 Å². The zero-order chi connectivity index (χ0) is 14.8. The maximum atomic E-state index is 4.38. The molecule has 0 atom stereocenters. The molecule has 2 heterocycles. The molecule has 22 heavy (non-hydrogen) atoms. The van der Waals surface area contributed by atoms with Crippen molar-refractivity contribution >= 4 is 10.8 Å². The smallest absolute Gasteiger partial charge is 0.159 e. The molecule has 0 saturated heterocycles. The number of benzene rings is 2. The van der Waals surface area contributed by atoms with Crippen LogP contribution in [0.2, 0.25) is 0 Å². The molecule has 0 radical (unpaired) electrons. The summed E-state index contributed by atoms with van der Waals surface area (Å²) in [6, 6.07) is 16.0. The molecule has 0 amide bonds. The van der Waals surface area contributed by atoms with E-state index in [1.165, 1.54) is 0 Å². The summed E-state index contributed by atoms with van der Waals surface area (Å²) in [5.41, 5.74) is 1.87. The number of hydrogen-bond acceptors (Lipinski definition) is 4. The molecule has 0 bridgehead atoms. The molecule has 0 aliphatic heterocycles. The largest absolute Gasteiger partial charge is 0.237 e. The first kappa shape index (κ1) is 12.6. The van der Waals surface area contributed by atoms with Crippen LogP contribution in [-0.4, -0.2) is 19.9 Å². The molecule has 0 aliphatic rings. The molecule has 4 nitrogen and oxygen atoms in total. The lowest BCUT2D eigenvalue weighted by atomic mass is 9.99. The third-order valence-corrected chi connectivity index (χ3v) is 3.50. The Morgan fingerprint density at radius 3 is 1.32 bits per heavy atom. The second-order valence-corrected chi connectivity index (χ2v) is 4.89. The number of nitrogens with zero attached hydrogens (tertiary/aromatic N) is 4. The second-order valence-electron chi connectivity index (χ2n) is 4.89. The van der Waals surface area contributed by atoms with Crippen molar-refractivity contribution in [3.05, 3.63) is 73.3 Å². The molecule has 0 unspecified atom stereocenters. The fourth-order valence-electron chi connectivity index (χ4n) is 2.49. The lowest BCUT2D eigenvalue weighted by molar-refractivity contribution is 1.15. The summed E-state index contributed by atoms with van der Waals surface area (Å²) in [5.74, 6) is 1.35. The van der Waals surface area contributed by atoms with Crippen LogP contribution in [0.1, 0.15) is 0 Å². The van der Waals surface area contributed by atoms with Gasteiger partial charge in [0.25, 0.3) is 0 Å². The van der Waals surface area contributed by atoms with Crippen molar-refractivity contribution in [2.75, 3.05) is 0 Å². The fraction of sp³-hybridized carbons (Fsp3) is 0. The van der Waals surface area contributed by atoms with E-state index in [9.17, 15) is 0 Å². The Bertz CT molecular complexity index is 843. The highest BCUT2D eigenvalue weighted by Crippen LogP contribution is 2.32. The highest BCUT2D eigenvalue weighted by Gasteiger charge is 2.13. The number of aromatic nitrogens is 4. The van der Waals surface area contributed by atoms with Gasteiger partial charge in [-0.25, -0.2) is 19.9 Å². The monoisotopic (exact) mass is 284 g/mol. The van der Waals surface area contributed by atoms with Gasteiger partial charge in [-0.2, -0.15) is 0 Å². The molecular weight excluding hydrogens is 272 g/mol. The summed E-state index contributed by atoms with van der Waals surface area (Å²) in [6.45, 7) is 0. The Morgan fingerprint density at radius 2 is 0.909 bits per heavy atom. The fourth-order valence-corrected chi connectivity index (χ4v) is 2.49. The minimum Gasteiger partial charge on any atom is -0.237 e. The molecule has 0 saturated carbocycles. The first-order valence-corrected chi connectivity index (χ1v) is 6.99. The number of rotatable bonds is 2. The highest BCUT2D eigenvalue weighted by molar-refractivity contribution is 5.93. The predicted molar refractivity (Wildman–Crippen MR) is 86.0 cm³/mol. The van der Waals surface area contributed by atoms with Crippen LogP contribution in [0.15, 0.2) is 73.3 Å². The van der Waals surface area contributed by atoms with Gasteiger partial charge in [0.15, 0.2) is 11.6 Å². The molecule has 4 heteroatoms. The molecule has 2 aromatic heterocycles. The van der Waals surface area contributed by atoms with Crippen LogP contribution in [-0.2, 0) is 0 Å². The summed E-state index contributed by atoms with van der Waals surface area (Å²) < 4.78 is 0. The number of fused-ring (bicyclic) bond motifs is 1. The van der Waals surface area contributed by atoms with E-state index in [0.29, 0.717) is 11.6 Å². The van der Waals surface area contributed by atoms with Crippen LogP contribution < -0.4 is 0 Å². The van der Waals surface area contributed by atoms with E-state index < -0.39 is 0 Å². The molecule has 4 aromatic rings. The van der Waals surface area contributed by atoms with Crippen molar-refractivity contribution < 1.29 is 0 Å². The zero-order valence-electron chi connectivity index (χ0n) is 11.7. The van der Waals surface area contributed by atoms with Gasteiger partial charge in [-0.05, 0) is 35.0 Å². The molecule has 0 fully saturated rings. The van der Waals surface area contributed by atoms with Crippen LogP contribution in [0, 0.1) is 0 Å². The van der Waals surface area contributed by atoms with Gasteiger partial charge in [0, 0.05) is 35.9 Å². The molecule has 0 spiro atoms. The average Bonchev–Trinajstić information content (AvgIpc) is 2.62. The van der Waals surface area contributed by atoms with Crippen LogP contribution in [0.25, 0.3) is 33.5 Å². The van der Waals surface area contributed by atoms with Crippen molar-refractivity contribution in [1.29, 1.82) is 0 Å². The van der Waals surface area contributed by atoms with E-state index in [0.717, 1.165) is 21.9 Å². The van der Waals surface area contributed by atoms with Gasteiger partial charge in [-0.3, -0.25) is 0 Å². The van der Waals surface area contributed by atoms with E-state index in [1.54, 1.807) is 24.8 Å². The van der Waals surface area contributed by atoms with Crippen molar-refractivity contribution in [3.63, 3.8) is 0 Å². The first-order chi connectivity index (χ1) is 10.9. The Hall–Kier alpha value is -3.14. The minimum atomic E-state index is 0.677. The van der Waals surface area contributed by atoms with Crippen molar-refractivity contribution in [2.45, 2.75) is 0 Å². The summed E-state index contributed by atoms with van der Waals surface area (Å²) in [5, 5.41) is 2.29. The standard InChI is InChI=1S/C18H12N4/c1-2-6-14-12-16(18-21-9-4-10-22-18)15(11-13(14)5-1)17-19-7-3-8-20-17/h1-12H. The van der Waals surface area contributed by atoms with Crippen molar-refractivity contribution in [1.82, 2.24) is 19.9 Å². The van der Waals surface area contributed by atoms with Crippen LogP contribution >= 0.6 is 0 Å². The van der Waals surface area contributed by atoms with E-state index in [4.69, 9.17) is 0 Å². The summed E-state index contributed by atoms with van der Waals surface area (Å²) in [7, 11) is 0. The molecule has 2 aromatic carbocycles. The summed E-state index contributed by atoms with van der Waals surface area (Å²) in [4.78, 5) is 17.5. The summed E-state index contributed by atoms with van der Waals surface area (Å²) in [6.07, 6.45) is 6.97. The first-order valence-electron chi connectivity index (χ1n) is 6.99. The SMILES string of the molecule is c1cnc(-c2cc3ccccc3cc2-c2ncccn2)nc1. The van der Waals surface area contributed by atoms with Gasteiger partial charge < -0.3 is 0 Å². The predicted octanol–water partition coefficient (Wildman–Crippen LogP) is 3.75. The molecule has 4 rings (SSSR count). The Morgan fingerprint density at radius 1 is 0.500 bits per heavy atom. The summed E-state index contributed by atoms with van der Waals surface area (Å²) >= 11 is 0. The lowest BCUT2D eigenvalue weighted by Crippen LogP contribution is -1.94. The average molecular weight is 284 g/mol.